The molecule has 3 saturated carbocycles. The van der Waals surface area contributed by atoms with Gasteiger partial charge in [-0.2, -0.15) is 5.10 Å². The maximum absolute atomic E-state index is 12.2. The third kappa shape index (κ3) is 3.86. The average Bonchev–Trinajstić information content (AvgIpc) is 3.43. The van der Waals surface area contributed by atoms with E-state index >= 15 is 0 Å². The van der Waals surface area contributed by atoms with E-state index in [0.717, 1.165) is 37.1 Å². The fourth-order valence-corrected chi connectivity index (χ4v) is 4.38. The minimum atomic E-state index is -0.304. The lowest BCUT2D eigenvalue weighted by Gasteiger charge is -2.18. The summed E-state index contributed by atoms with van der Waals surface area (Å²) in [6, 6.07) is 3.61. The molecule has 3 fully saturated rings. The quantitative estimate of drug-likeness (QED) is 0.686. The van der Waals surface area contributed by atoms with Gasteiger partial charge in [-0.15, -0.1) is 0 Å². The van der Waals surface area contributed by atoms with E-state index in [0.29, 0.717) is 23.4 Å². The zero-order chi connectivity index (χ0) is 20.2. The standard InChI is InChI=1S/C20H25N5O4/c1-10-5-11(29-25-10)6-18(26)21-17-9-15(23-24-17)13-8-16(14-7-12(13)14)28-19(27)22-20(2)3-4-20/h5,9,12-14,16H,3-4,6-8H2,1-2H3,(H,22,27)(H2,21,23,24,26)/t12?,13-,14?,16-/m0/s1. The second-order valence-electron chi connectivity index (χ2n) is 8.90. The molecule has 3 N–H and O–H groups in total. The van der Waals surface area contributed by atoms with Gasteiger partial charge in [0, 0.05) is 29.3 Å². The van der Waals surface area contributed by atoms with E-state index in [2.05, 4.69) is 26.0 Å². The summed E-state index contributed by atoms with van der Waals surface area (Å²) in [4.78, 5) is 24.3. The molecule has 2 aromatic heterocycles. The van der Waals surface area contributed by atoms with E-state index < -0.39 is 0 Å². The maximum Gasteiger partial charge on any atom is 0.407 e. The van der Waals surface area contributed by atoms with E-state index in [1.807, 2.05) is 19.9 Å². The van der Waals surface area contributed by atoms with Gasteiger partial charge >= 0.3 is 6.09 Å². The topological polar surface area (TPSA) is 122 Å². The summed E-state index contributed by atoms with van der Waals surface area (Å²) in [6.45, 7) is 3.85. The van der Waals surface area contributed by atoms with Crippen LogP contribution in [0.3, 0.4) is 0 Å². The highest BCUT2D eigenvalue weighted by Gasteiger charge is 2.57. The van der Waals surface area contributed by atoms with Crippen molar-refractivity contribution in [3.8, 4) is 0 Å². The Hall–Kier alpha value is -2.84. The number of H-pyrrole nitrogens is 1. The van der Waals surface area contributed by atoms with E-state index in [1.165, 1.54) is 0 Å². The zero-order valence-corrected chi connectivity index (χ0v) is 16.5. The lowest BCUT2D eigenvalue weighted by molar-refractivity contribution is -0.115. The number of ether oxygens (including phenoxy) is 1. The van der Waals surface area contributed by atoms with E-state index in [4.69, 9.17) is 9.26 Å². The third-order valence-electron chi connectivity index (χ3n) is 6.31. The third-order valence-corrected chi connectivity index (χ3v) is 6.31. The Morgan fingerprint density at radius 3 is 2.86 bits per heavy atom. The number of aromatic nitrogens is 3. The van der Waals surface area contributed by atoms with Crippen LogP contribution in [0.4, 0.5) is 10.6 Å². The molecule has 0 spiro atoms. The lowest BCUT2D eigenvalue weighted by Crippen LogP contribution is -2.37. The van der Waals surface area contributed by atoms with Gasteiger partial charge in [-0.25, -0.2) is 4.79 Å². The summed E-state index contributed by atoms with van der Waals surface area (Å²) in [6.07, 6.45) is 3.63. The number of rotatable bonds is 6. The molecule has 2 heterocycles. The van der Waals surface area contributed by atoms with Crippen molar-refractivity contribution in [2.24, 2.45) is 11.8 Å². The van der Waals surface area contributed by atoms with Crippen LogP contribution >= 0.6 is 0 Å². The number of aromatic amines is 1. The molecular formula is C20H25N5O4. The van der Waals surface area contributed by atoms with Crippen molar-refractivity contribution in [1.82, 2.24) is 20.7 Å². The predicted octanol–water partition coefficient (Wildman–Crippen LogP) is 2.66. The summed E-state index contributed by atoms with van der Waals surface area (Å²) < 4.78 is 10.8. The minimum absolute atomic E-state index is 0.0524. The molecule has 3 aliphatic carbocycles. The minimum Gasteiger partial charge on any atom is -0.446 e. The molecule has 4 atom stereocenters. The number of nitrogens with one attached hydrogen (secondary N) is 3. The van der Waals surface area contributed by atoms with Crippen LogP contribution in [0.2, 0.25) is 0 Å². The number of amides is 2. The molecule has 9 heteroatoms. The molecule has 2 unspecified atom stereocenters. The van der Waals surface area contributed by atoms with Gasteiger partial charge in [0.15, 0.2) is 5.82 Å². The first-order valence-corrected chi connectivity index (χ1v) is 10.1. The van der Waals surface area contributed by atoms with Crippen LogP contribution in [-0.4, -0.2) is 39.0 Å². The summed E-state index contributed by atoms with van der Waals surface area (Å²) in [5.41, 5.74) is 1.65. The van der Waals surface area contributed by atoms with Crippen molar-refractivity contribution in [3.05, 3.63) is 29.3 Å². The molecule has 29 heavy (non-hydrogen) atoms. The molecule has 0 bridgehead atoms. The fourth-order valence-electron chi connectivity index (χ4n) is 4.38. The first-order valence-electron chi connectivity index (χ1n) is 10.1. The highest BCUT2D eigenvalue weighted by molar-refractivity contribution is 5.91. The Labute approximate surface area is 167 Å². The van der Waals surface area contributed by atoms with Crippen molar-refractivity contribution in [2.45, 2.75) is 63.5 Å². The Morgan fingerprint density at radius 2 is 2.14 bits per heavy atom. The van der Waals surface area contributed by atoms with Gasteiger partial charge in [0.05, 0.1) is 12.1 Å². The molecule has 3 aliphatic rings. The van der Waals surface area contributed by atoms with Crippen molar-refractivity contribution in [2.75, 3.05) is 5.32 Å². The Kier molecular flexibility index (Phi) is 4.15. The van der Waals surface area contributed by atoms with Gasteiger partial charge in [-0.3, -0.25) is 9.89 Å². The molecule has 0 radical (unpaired) electrons. The summed E-state index contributed by atoms with van der Waals surface area (Å²) in [5, 5.41) is 16.8. The normalized spacial score (nSPS) is 28.5. The average molecular weight is 399 g/mol. The van der Waals surface area contributed by atoms with E-state index in [-0.39, 0.29) is 36.0 Å². The largest absolute Gasteiger partial charge is 0.446 e. The molecule has 0 aromatic carbocycles. The number of nitrogens with zero attached hydrogens (tertiary/aromatic N) is 2. The van der Waals surface area contributed by atoms with Crippen molar-refractivity contribution in [1.29, 1.82) is 0 Å². The Balaban J connectivity index is 1.16. The van der Waals surface area contributed by atoms with Gasteiger partial charge in [-0.05, 0) is 51.4 Å². The van der Waals surface area contributed by atoms with Gasteiger partial charge in [0.1, 0.15) is 11.9 Å². The first-order chi connectivity index (χ1) is 13.9. The SMILES string of the molecule is Cc1cc(CC(=O)Nc2cc([C@H]3C[C@H](OC(=O)NC4(C)CC4)C4CC43)[nH]n2)on1. The Bertz CT molecular complexity index is 946. The Morgan fingerprint density at radius 1 is 1.31 bits per heavy atom. The number of hydrogen-bond donors (Lipinski definition) is 3. The number of aryl methyl sites for hydroxylation is 1. The number of fused-ring (bicyclic) bond motifs is 1. The van der Waals surface area contributed by atoms with Crippen LogP contribution in [0.5, 0.6) is 0 Å². The van der Waals surface area contributed by atoms with Gasteiger partial charge in [0.25, 0.3) is 0 Å². The van der Waals surface area contributed by atoms with Crippen LogP contribution in [0, 0.1) is 18.8 Å². The second-order valence-corrected chi connectivity index (χ2v) is 8.90. The molecule has 2 amide bonds. The van der Waals surface area contributed by atoms with E-state index in [1.54, 1.807) is 6.07 Å². The number of alkyl carbamates (subject to hydrolysis) is 1. The number of hydrogen-bond acceptors (Lipinski definition) is 6. The van der Waals surface area contributed by atoms with Gasteiger partial charge in [0.2, 0.25) is 5.91 Å². The van der Waals surface area contributed by atoms with Crippen LogP contribution in [0.25, 0.3) is 0 Å². The zero-order valence-electron chi connectivity index (χ0n) is 16.5. The van der Waals surface area contributed by atoms with Gasteiger partial charge < -0.3 is 19.9 Å². The number of anilines is 1. The second kappa shape index (κ2) is 6.60. The van der Waals surface area contributed by atoms with Crippen LogP contribution < -0.4 is 10.6 Å². The van der Waals surface area contributed by atoms with Crippen LogP contribution in [-0.2, 0) is 16.0 Å². The molecule has 9 nitrogen and oxygen atoms in total. The first kappa shape index (κ1) is 18.2. The number of carbonyl (C=O) groups is 2. The molecular weight excluding hydrogens is 374 g/mol. The van der Waals surface area contributed by atoms with Crippen molar-refractivity contribution >= 4 is 17.8 Å². The van der Waals surface area contributed by atoms with Crippen LogP contribution in [0.15, 0.2) is 16.7 Å². The molecule has 0 saturated heterocycles. The monoisotopic (exact) mass is 399 g/mol. The highest BCUT2D eigenvalue weighted by atomic mass is 16.6. The molecule has 5 rings (SSSR count). The van der Waals surface area contributed by atoms with Gasteiger partial charge in [-0.1, -0.05) is 5.16 Å². The number of carbonyl (C=O) groups excluding carboxylic acids is 2. The molecule has 2 aromatic rings. The smallest absolute Gasteiger partial charge is 0.407 e. The summed E-state index contributed by atoms with van der Waals surface area (Å²) in [5.74, 6) is 2.00. The summed E-state index contributed by atoms with van der Waals surface area (Å²) >= 11 is 0. The predicted molar refractivity (Wildman–Crippen MR) is 102 cm³/mol. The maximum atomic E-state index is 12.2. The van der Waals surface area contributed by atoms with Crippen LogP contribution in [0.1, 0.15) is 55.7 Å². The van der Waals surface area contributed by atoms with Crippen molar-refractivity contribution in [3.63, 3.8) is 0 Å². The molecule has 0 aliphatic heterocycles. The summed E-state index contributed by atoms with van der Waals surface area (Å²) in [7, 11) is 0. The fraction of sp³-hybridized carbons (Fsp3) is 0.600. The lowest BCUT2D eigenvalue weighted by atomic mass is 9.99. The highest BCUT2D eigenvalue weighted by Crippen LogP contribution is 2.60. The molecule has 154 valence electrons. The van der Waals surface area contributed by atoms with Crippen molar-refractivity contribution < 1.29 is 18.8 Å². The van der Waals surface area contributed by atoms with E-state index in [9.17, 15) is 9.59 Å².